The van der Waals surface area contributed by atoms with Gasteiger partial charge in [0.25, 0.3) is 5.91 Å². The van der Waals surface area contributed by atoms with Crippen LogP contribution in [0.4, 0.5) is 11.6 Å². The molecule has 4 rings (SSSR count). The number of aromatic nitrogens is 2. The SMILES string of the molecule is COc1cccc(Nc2nccc(C(=O)NC3CC4(C)CCC3C4(C)C)n2)c1. The Kier molecular flexibility index (Phi) is 4.52. The zero-order valence-electron chi connectivity index (χ0n) is 17.0. The second kappa shape index (κ2) is 6.76. The number of rotatable bonds is 5. The Morgan fingerprint density at radius 3 is 2.75 bits per heavy atom. The molecule has 0 radical (unpaired) electrons. The van der Waals surface area contributed by atoms with E-state index in [1.165, 1.54) is 12.8 Å². The maximum absolute atomic E-state index is 12.8. The van der Waals surface area contributed by atoms with Crippen molar-refractivity contribution in [3.63, 3.8) is 0 Å². The van der Waals surface area contributed by atoms with Crippen LogP contribution < -0.4 is 15.4 Å². The minimum absolute atomic E-state index is 0.131. The first-order chi connectivity index (χ1) is 13.3. The molecule has 1 heterocycles. The highest BCUT2D eigenvalue weighted by Crippen LogP contribution is 2.65. The number of carbonyl (C=O) groups is 1. The van der Waals surface area contributed by atoms with Crippen LogP contribution in [0.15, 0.2) is 36.5 Å². The van der Waals surface area contributed by atoms with Crippen LogP contribution in [0.25, 0.3) is 0 Å². The van der Waals surface area contributed by atoms with Gasteiger partial charge in [0.05, 0.1) is 7.11 Å². The van der Waals surface area contributed by atoms with Crippen molar-refractivity contribution in [2.45, 2.75) is 46.1 Å². The zero-order valence-corrected chi connectivity index (χ0v) is 17.0. The lowest BCUT2D eigenvalue weighted by Gasteiger charge is -2.33. The minimum atomic E-state index is -0.131. The van der Waals surface area contributed by atoms with Crippen molar-refractivity contribution >= 4 is 17.5 Å². The molecule has 1 amide bonds. The molecule has 148 valence electrons. The Morgan fingerprint density at radius 1 is 1.25 bits per heavy atom. The van der Waals surface area contributed by atoms with Crippen LogP contribution in [-0.4, -0.2) is 29.0 Å². The van der Waals surface area contributed by atoms with E-state index in [1.807, 2.05) is 24.3 Å². The van der Waals surface area contributed by atoms with E-state index in [9.17, 15) is 4.79 Å². The predicted molar refractivity (Wildman–Crippen MR) is 109 cm³/mol. The largest absolute Gasteiger partial charge is 0.497 e. The van der Waals surface area contributed by atoms with Crippen LogP contribution in [-0.2, 0) is 0 Å². The number of ether oxygens (including phenoxy) is 1. The molecule has 2 aliphatic carbocycles. The molecule has 6 nitrogen and oxygen atoms in total. The molecule has 2 aliphatic rings. The summed E-state index contributed by atoms with van der Waals surface area (Å²) in [6, 6.07) is 9.38. The highest BCUT2D eigenvalue weighted by molar-refractivity contribution is 5.92. The number of methoxy groups -OCH3 is 1. The number of hydrogen-bond donors (Lipinski definition) is 2. The van der Waals surface area contributed by atoms with Gasteiger partial charge in [-0.2, -0.15) is 0 Å². The van der Waals surface area contributed by atoms with Gasteiger partial charge in [0.15, 0.2) is 0 Å². The van der Waals surface area contributed by atoms with E-state index in [2.05, 4.69) is 41.4 Å². The Balaban J connectivity index is 1.46. The maximum atomic E-state index is 12.8. The molecular weight excluding hydrogens is 352 g/mol. The van der Waals surface area contributed by atoms with Crippen molar-refractivity contribution in [3.8, 4) is 5.75 Å². The number of hydrogen-bond acceptors (Lipinski definition) is 5. The average molecular weight is 380 g/mol. The van der Waals surface area contributed by atoms with E-state index in [-0.39, 0.29) is 17.4 Å². The summed E-state index contributed by atoms with van der Waals surface area (Å²) >= 11 is 0. The molecule has 1 aromatic heterocycles. The molecule has 2 saturated carbocycles. The minimum Gasteiger partial charge on any atom is -0.497 e. The third-order valence-electron chi connectivity index (χ3n) is 7.18. The monoisotopic (exact) mass is 380 g/mol. The quantitative estimate of drug-likeness (QED) is 0.814. The first kappa shape index (κ1) is 18.7. The summed E-state index contributed by atoms with van der Waals surface area (Å²) in [5.74, 6) is 1.53. The standard InChI is InChI=1S/C22H28N4O2/c1-21(2)16-8-10-22(21,3)13-18(16)25-19(27)17-9-11-23-20(26-17)24-14-6-5-7-15(12-14)28-4/h5-7,9,11-12,16,18H,8,10,13H2,1-4H3,(H,25,27)(H,23,24,26). The van der Waals surface area contributed by atoms with Crippen molar-refractivity contribution in [3.05, 3.63) is 42.2 Å². The van der Waals surface area contributed by atoms with Gasteiger partial charge in [-0.05, 0) is 54.2 Å². The summed E-state index contributed by atoms with van der Waals surface area (Å²) in [5, 5.41) is 6.37. The molecule has 0 saturated heterocycles. The van der Waals surface area contributed by atoms with E-state index in [1.54, 1.807) is 19.4 Å². The van der Waals surface area contributed by atoms with Crippen LogP contribution in [0.1, 0.15) is 50.5 Å². The summed E-state index contributed by atoms with van der Waals surface area (Å²) in [4.78, 5) is 21.5. The molecule has 6 heteroatoms. The molecule has 1 aromatic carbocycles. The summed E-state index contributed by atoms with van der Waals surface area (Å²) in [5.41, 5.74) is 1.75. The van der Waals surface area contributed by atoms with Crippen LogP contribution in [0.5, 0.6) is 5.75 Å². The fourth-order valence-corrected chi connectivity index (χ4v) is 5.07. The van der Waals surface area contributed by atoms with Crippen molar-refractivity contribution in [2.24, 2.45) is 16.7 Å². The lowest BCUT2D eigenvalue weighted by molar-refractivity contribution is 0.0912. The average Bonchev–Trinajstić information content (AvgIpc) is 3.01. The molecule has 2 fully saturated rings. The fourth-order valence-electron chi connectivity index (χ4n) is 5.07. The van der Waals surface area contributed by atoms with Crippen molar-refractivity contribution in [1.82, 2.24) is 15.3 Å². The molecule has 0 aliphatic heterocycles. The number of anilines is 2. The molecule has 2 aromatic rings. The normalized spacial score (nSPS) is 27.4. The Morgan fingerprint density at radius 2 is 2.07 bits per heavy atom. The second-order valence-corrected chi connectivity index (χ2v) is 8.83. The predicted octanol–water partition coefficient (Wildman–Crippen LogP) is 4.17. The van der Waals surface area contributed by atoms with E-state index in [4.69, 9.17) is 4.74 Å². The van der Waals surface area contributed by atoms with Gasteiger partial charge in [-0.25, -0.2) is 9.97 Å². The van der Waals surface area contributed by atoms with Crippen LogP contribution in [0.3, 0.4) is 0 Å². The van der Waals surface area contributed by atoms with E-state index in [0.29, 0.717) is 23.0 Å². The molecule has 2 N–H and O–H groups in total. The first-order valence-corrected chi connectivity index (χ1v) is 9.87. The van der Waals surface area contributed by atoms with Gasteiger partial charge >= 0.3 is 0 Å². The number of benzene rings is 1. The highest BCUT2D eigenvalue weighted by Gasteiger charge is 2.60. The van der Waals surface area contributed by atoms with E-state index in [0.717, 1.165) is 17.9 Å². The fraction of sp³-hybridized carbons (Fsp3) is 0.500. The summed E-state index contributed by atoms with van der Waals surface area (Å²) < 4.78 is 5.23. The van der Waals surface area contributed by atoms with Crippen LogP contribution in [0, 0.1) is 16.7 Å². The summed E-state index contributed by atoms with van der Waals surface area (Å²) in [7, 11) is 1.62. The lowest BCUT2D eigenvalue weighted by atomic mass is 9.71. The topological polar surface area (TPSA) is 76.1 Å². The van der Waals surface area contributed by atoms with Crippen LogP contribution >= 0.6 is 0 Å². The van der Waals surface area contributed by atoms with Crippen LogP contribution in [0.2, 0.25) is 0 Å². The number of fused-ring (bicyclic) bond motifs is 2. The van der Waals surface area contributed by atoms with Gasteiger partial charge in [0.2, 0.25) is 5.95 Å². The zero-order chi connectivity index (χ0) is 19.9. The second-order valence-electron chi connectivity index (χ2n) is 8.83. The van der Waals surface area contributed by atoms with Gasteiger partial charge in [0, 0.05) is 24.0 Å². The van der Waals surface area contributed by atoms with Gasteiger partial charge in [-0.15, -0.1) is 0 Å². The smallest absolute Gasteiger partial charge is 0.270 e. The third-order valence-corrected chi connectivity index (χ3v) is 7.18. The summed E-state index contributed by atoms with van der Waals surface area (Å²) in [6.45, 7) is 7.05. The molecular formula is C22H28N4O2. The molecule has 3 atom stereocenters. The van der Waals surface area contributed by atoms with Gasteiger partial charge < -0.3 is 15.4 Å². The Hall–Kier alpha value is -2.63. The maximum Gasteiger partial charge on any atom is 0.270 e. The number of nitrogens with zero attached hydrogens (tertiary/aromatic N) is 2. The number of amides is 1. The first-order valence-electron chi connectivity index (χ1n) is 9.87. The van der Waals surface area contributed by atoms with Crippen molar-refractivity contribution in [2.75, 3.05) is 12.4 Å². The Labute approximate surface area is 166 Å². The lowest BCUT2D eigenvalue weighted by Crippen LogP contribution is -2.40. The molecule has 28 heavy (non-hydrogen) atoms. The van der Waals surface area contributed by atoms with E-state index >= 15 is 0 Å². The molecule has 0 spiro atoms. The molecule has 3 unspecified atom stereocenters. The highest BCUT2D eigenvalue weighted by atomic mass is 16.5. The van der Waals surface area contributed by atoms with Crippen molar-refractivity contribution in [1.29, 1.82) is 0 Å². The number of nitrogens with one attached hydrogen (secondary N) is 2. The van der Waals surface area contributed by atoms with Gasteiger partial charge in [-0.1, -0.05) is 26.8 Å². The van der Waals surface area contributed by atoms with Gasteiger partial charge in [0.1, 0.15) is 11.4 Å². The van der Waals surface area contributed by atoms with Gasteiger partial charge in [-0.3, -0.25) is 4.79 Å². The summed E-state index contributed by atoms with van der Waals surface area (Å²) in [6.07, 6.45) is 5.08. The van der Waals surface area contributed by atoms with Crippen molar-refractivity contribution < 1.29 is 9.53 Å². The number of carbonyl (C=O) groups excluding carboxylic acids is 1. The molecule has 2 bridgehead atoms. The van der Waals surface area contributed by atoms with E-state index < -0.39 is 0 Å². The Bertz CT molecular complexity index is 895. The third kappa shape index (κ3) is 3.11.